The lowest BCUT2D eigenvalue weighted by molar-refractivity contribution is 0.462. The minimum atomic E-state index is -4.95. The molecule has 3 rings (SSSR count). The Bertz CT molecular complexity index is 1120. The number of nitrogens with zero attached hydrogens (tertiary/aromatic N) is 2. The van der Waals surface area contributed by atoms with E-state index in [1.54, 1.807) is 18.2 Å². The zero-order valence-electron chi connectivity index (χ0n) is 10.7. The van der Waals surface area contributed by atoms with E-state index < -0.39 is 30.2 Å². The molecular formula is C12H8N2O6S2. The van der Waals surface area contributed by atoms with Gasteiger partial charge in [-0.25, -0.2) is 4.98 Å². The molecule has 0 bridgehead atoms. The van der Waals surface area contributed by atoms with Gasteiger partial charge in [-0.2, -0.15) is 16.8 Å². The van der Waals surface area contributed by atoms with Crippen LogP contribution in [0.15, 0.2) is 46.5 Å². The maximum atomic E-state index is 11.4. The summed E-state index contributed by atoms with van der Waals surface area (Å²) < 4.78 is 63.8. The summed E-state index contributed by atoms with van der Waals surface area (Å²) in [7, 11) is -9.83. The van der Waals surface area contributed by atoms with E-state index in [4.69, 9.17) is 4.55 Å². The lowest BCUT2D eigenvalue weighted by Gasteiger charge is -2.08. The highest BCUT2D eigenvalue weighted by Gasteiger charge is 2.27. The van der Waals surface area contributed by atoms with Crippen LogP contribution in [0, 0.1) is 0 Å². The summed E-state index contributed by atoms with van der Waals surface area (Å²) in [6.45, 7) is 0. The monoisotopic (exact) mass is 340 g/mol. The van der Waals surface area contributed by atoms with Crippen LogP contribution in [0.1, 0.15) is 0 Å². The average molecular weight is 340 g/mol. The van der Waals surface area contributed by atoms with Gasteiger partial charge in [0.2, 0.25) is 5.03 Å². The fraction of sp³-hybridized carbons (Fsp3) is 0. The van der Waals surface area contributed by atoms with Crippen molar-refractivity contribution < 1.29 is 25.9 Å². The van der Waals surface area contributed by atoms with Crippen LogP contribution in [-0.4, -0.2) is 35.9 Å². The first-order chi connectivity index (χ1) is 10.2. The van der Waals surface area contributed by atoms with Gasteiger partial charge in [0.1, 0.15) is 4.90 Å². The van der Waals surface area contributed by atoms with Crippen LogP contribution in [-0.2, 0) is 20.2 Å². The predicted octanol–water partition coefficient (Wildman–Crippen LogP) is 1.28. The van der Waals surface area contributed by atoms with Crippen LogP contribution < -0.4 is 0 Å². The summed E-state index contributed by atoms with van der Waals surface area (Å²) in [4.78, 5) is 6.82. The summed E-state index contributed by atoms with van der Waals surface area (Å²) in [6.07, 6.45) is 1.53. The summed E-state index contributed by atoms with van der Waals surface area (Å²) in [6, 6.07) is 7.25. The van der Waals surface area contributed by atoms with Crippen molar-refractivity contribution in [2.24, 2.45) is 0 Å². The molecule has 0 aliphatic heterocycles. The highest BCUT2D eigenvalue weighted by molar-refractivity contribution is 7.89. The van der Waals surface area contributed by atoms with Crippen LogP contribution in [0.4, 0.5) is 0 Å². The van der Waals surface area contributed by atoms with E-state index in [9.17, 15) is 21.4 Å². The fourth-order valence-corrected chi connectivity index (χ4v) is 3.82. The fourth-order valence-electron chi connectivity index (χ4n) is 2.12. The molecule has 0 aliphatic carbocycles. The summed E-state index contributed by atoms with van der Waals surface area (Å²) >= 11 is 0. The van der Waals surface area contributed by atoms with Gasteiger partial charge in [-0.15, -0.1) is 0 Å². The van der Waals surface area contributed by atoms with E-state index in [-0.39, 0.29) is 10.9 Å². The third-order valence-corrected chi connectivity index (χ3v) is 4.82. The maximum Gasteiger partial charge on any atom is 0.313 e. The minimum Gasteiger partial charge on any atom is -0.282 e. The average Bonchev–Trinajstić information content (AvgIpc) is 2.44. The zero-order chi connectivity index (χ0) is 16.1. The molecule has 0 atom stereocenters. The first kappa shape index (κ1) is 14.8. The molecule has 22 heavy (non-hydrogen) atoms. The Morgan fingerprint density at radius 2 is 1.68 bits per heavy atom. The van der Waals surface area contributed by atoms with Gasteiger partial charge in [-0.1, -0.05) is 6.07 Å². The topological polar surface area (TPSA) is 135 Å². The largest absolute Gasteiger partial charge is 0.313 e. The molecule has 2 heterocycles. The van der Waals surface area contributed by atoms with Crippen molar-refractivity contribution in [3.63, 3.8) is 0 Å². The summed E-state index contributed by atoms with van der Waals surface area (Å²) in [5.41, 5.74) is 0.661. The molecular weight excluding hydrogens is 332 g/mol. The third-order valence-electron chi connectivity index (χ3n) is 3.02. The van der Waals surface area contributed by atoms with Crippen LogP contribution in [0.3, 0.4) is 0 Å². The van der Waals surface area contributed by atoms with Crippen molar-refractivity contribution in [2.75, 3.05) is 0 Å². The normalized spacial score (nSPS) is 12.8. The van der Waals surface area contributed by atoms with Gasteiger partial charge >= 0.3 is 10.1 Å². The smallest absolute Gasteiger partial charge is 0.282 e. The number of hydrogen-bond acceptors (Lipinski definition) is 6. The van der Waals surface area contributed by atoms with E-state index >= 15 is 0 Å². The zero-order valence-corrected chi connectivity index (χ0v) is 12.3. The van der Waals surface area contributed by atoms with E-state index in [1.165, 1.54) is 12.3 Å². The molecule has 10 heteroatoms. The Morgan fingerprint density at radius 1 is 0.955 bits per heavy atom. The molecule has 3 aromatic rings. The van der Waals surface area contributed by atoms with Crippen molar-refractivity contribution in [1.29, 1.82) is 0 Å². The second-order valence-corrected chi connectivity index (χ2v) is 7.18. The molecule has 0 saturated heterocycles. The summed E-state index contributed by atoms with van der Waals surface area (Å²) in [5, 5.41) is -0.369. The molecule has 2 aromatic heterocycles. The molecule has 1 aromatic carbocycles. The van der Waals surface area contributed by atoms with Crippen LogP contribution >= 0.6 is 0 Å². The van der Waals surface area contributed by atoms with Gasteiger partial charge in [0, 0.05) is 17.0 Å². The first-order valence-corrected chi connectivity index (χ1v) is 8.69. The lowest BCUT2D eigenvalue weighted by Crippen LogP contribution is -2.11. The van der Waals surface area contributed by atoms with Crippen molar-refractivity contribution >= 4 is 42.0 Å². The van der Waals surface area contributed by atoms with Crippen LogP contribution in [0.5, 0.6) is 0 Å². The number of rotatable bonds is 2. The Kier molecular flexibility index (Phi) is 3.14. The highest BCUT2D eigenvalue weighted by Crippen LogP contribution is 2.28. The van der Waals surface area contributed by atoms with E-state index in [0.29, 0.717) is 10.9 Å². The Balaban J connectivity index is 2.57. The van der Waals surface area contributed by atoms with E-state index in [0.717, 1.165) is 6.07 Å². The predicted molar refractivity (Wildman–Crippen MR) is 76.7 cm³/mol. The second kappa shape index (κ2) is 4.68. The minimum absolute atomic E-state index is 0.144. The number of hydrogen-bond donors (Lipinski definition) is 2. The molecule has 0 aliphatic rings. The third kappa shape index (κ3) is 2.41. The number of fused-ring (bicyclic) bond motifs is 3. The lowest BCUT2D eigenvalue weighted by atomic mass is 10.1. The number of aromatic nitrogens is 2. The van der Waals surface area contributed by atoms with Crippen LogP contribution in [0.25, 0.3) is 21.8 Å². The van der Waals surface area contributed by atoms with Gasteiger partial charge in [0.25, 0.3) is 10.1 Å². The molecule has 2 N–H and O–H groups in total. The summed E-state index contributed by atoms with van der Waals surface area (Å²) in [5.74, 6) is 0. The van der Waals surface area contributed by atoms with Gasteiger partial charge in [-0.05, 0) is 24.3 Å². The Morgan fingerprint density at radius 3 is 2.32 bits per heavy atom. The van der Waals surface area contributed by atoms with E-state index in [1.807, 2.05) is 0 Å². The molecule has 0 unspecified atom stereocenters. The van der Waals surface area contributed by atoms with Crippen molar-refractivity contribution in [3.8, 4) is 0 Å². The SMILES string of the molecule is O=S(=O)(O)c1cc2ccc3ncccc3c2nc1S(=O)(=O)O. The molecule has 0 amide bonds. The van der Waals surface area contributed by atoms with Gasteiger partial charge in [0.15, 0.2) is 0 Å². The Hall–Kier alpha value is -2.14. The number of pyridine rings is 2. The van der Waals surface area contributed by atoms with Crippen molar-refractivity contribution in [1.82, 2.24) is 9.97 Å². The van der Waals surface area contributed by atoms with E-state index in [2.05, 4.69) is 9.97 Å². The quantitative estimate of drug-likeness (QED) is 0.526. The second-order valence-electron chi connectivity index (χ2n) is 4.45. The first-order valence-electron chi connectivity index (χ1n) is 5.81. The maximum absolute atomic E-state index is 11.4. The van der Waals surface area contributed by atoms with Crippen molar-refractivity contribution in [3.05, 3.63) is 36.5 Å². The molecule has 0 saturated carbocycles. The molecule has 0 spiro atoms. The molecule has 0 radical (unpaired) electrons. The molecule has 114 valence electrons. The standard InChI is InChI=1S/C12H8N2O6S2/c15-21(16,17)10-6-7-3-4-9-8(2-1-5-13-9)11(7)14-12(10)22(18,19)20/h1-6H,(H,15,16,17)(H,18,19,20). The van der Waals surface area contributed by atoms with Gasteiger partial charge in [-0.3, -0.25) is 14.1 Å². The van der Waals surface area contributed by atoms with Crippen molar-refractivity contribution in [2.45, 2.75) is 9.92 Å². The number of benzene rings is 1. The molecule has 0 fully saturated rings. The molecule has 8 nitrogen and oxygen atoms in total. The Labute approximate surface area is 124 Å². The van der Waals surface area contributed by atoms with Gasteiger partial charge in [0.05, 0.1) is 11.0 Å². The van der Waals surface area contributed by atoms with Crippen LogP contribution in [0.2, 0.25) is 0 Å². The van der Waals surface area contributed by atoms with Gasteiger partial charge < -0.3 is 0 Å². The highest BCUT2D eigenvalue weighted by atomic mass is 32.2.